The Morgan fingerprint density at radius 3 is 3.00 bits per heavy atom. The van der Waals surface area contributed by atoms with Gasteiger partial charge in [0, 0.05) is 13.0 Å². The Morgan fingerprint density at radius 1 is 1.43 bits per heavy atom. The predicted molar refractivity (Wildman–Crippen MR) is 52.8 cm³/mol. The highest BCUT2D eigenvalue weighted by Gasteiger charge is 2.13. The third-order valence-electron chi connectivity index (χ3n) is 2.83. The highest BCUT2D eigenvalue weighted by Crippen LogP contribution is 2.23. The maximum absolute atomic E-state index is 4.90. The van der Waals surface area contributed by atoms with Crippen LogP contribution in [0.5, 0.6) is 0 Å². The van der Waals surface area contributed by atoms with Gasteiger partial charge in [-0.2, -0.15) is 4.98 Å². The molecular weight excluding hydrogens is 178 g/mol. The second kappa shape index (κ2) is 5.10. The van der Waals surface area contributed by atoms with E-state index in [9.17, 15) is 0 Å². The second-order valence-electron chi connectivity index (χ2n) is 3.94. The van der Waals surface area contributed by atoms with Gasteiger partial charge in [-0.25, -0.2) is 0 Å². The Bertz CT molecular complexity index is 242. The largest absolute Gasteiger partial charge is 0.340 e. The molecule has 0 amide bonds. The summed E-state index contributed by atoms with van der Waals surface area (Å²) >= 11 is 0. The lowest BCUT2D eigenvalue weighted by molar-refractivity contribution is 0.372. The van der Waals surface area contributed by atoms with Crippen LogP contribution in [-0.2, 0) is 6.42 Å². The third-order valence-corrected chi connectivity index (χ3v) is 2.83. The molecule has 1 fully saturated rings. The molecule has 0 aromatic carbocycles. The molecule has 4 heteroatoms. The summed E-state index contributed by atoms with van der Waals surface area (Å²) in [5.74, 6) is 1.63. The van der Waals surface area contributed by atoms with Crippen molar-refractivity contribution in [2.24, 2.45) is 5.92 Å². The molecule has 1 heterocycles. The molecular formula is C10H17N3O. The number of hydrogen-bond donors (Lipinski definition) is 1. The minimum atomic E-state index is 0.726. The Hall–Kier alpha value is -0.900. The van der Waals surface area contributed by atoms with Crippen LogP contribution in [0.3, 0.4) is 0 Å². The average Bonchev–Trinajstić information content (AvgIpc) is 2.86. The molecule has 0 unspecified atom stereocenters. The van der Waals surface area contributed by atoms with Gasteiger partial charge < -0.3 is 9.84 Å². The first kappa shape index (κ1) is 9.65. The average molecular weight is 195 g/mol. The van der Waals surface area contributed by atoms with Crippen molar-refractivity contribution in [1.82, 2.24) is 15.5 Å². The molecule has 2 rings (SSSR count). The van der Waals surface area contributed by atoms with E-state index in [0.717, 1.165) is 31.3 Å². The van der Waals surface area contributed by atoms with Crippen molar-refractivity contribution in [3.63, 3.8) is 0 Å². The van der Waals surface area contributed by atoms with Gasteiger partial charge in [0.2, 0.25) is 5.89 Å². The number of hydrogen-bond acceptors (Lipinski definition) is 4. The van der Waals surface area contributed by atoms with Crippen LogP contribution in [0, 0.1) is 5.92 Å². The zero-order valence-corrected chi connectivity index (χ0v) is 8.41. The van der Waals surface area contributed by atoms with Crippen LogP contribution < -0.4 is 5.32 Å². The zero-order valence-electron chi connectivity index (χ0n) is 8.41. The molecule has 0 spiro atoms. The van der Waals surface area contributed by atoms with Crippen LogP contribution in [0.2, 0.25) is 0 Å². The first-order chi connectivity index (χ1) is 6.95. The van der Waals surface area contributed by atoms with Crippen LogP contribution in [0.25, 0.3) is 0 Å². The van der Waals surface area contributed by atoms with E-state index in [4.69, 9.17) is 4.52 Å². The number of rotatable bonds is 5. The first-order valence-corrected chi connectivity index (χ1v) is 5.41. The highest BCUT2D eigenvalue weighted by atomic mass is 16.5. The molecule has 1 aromatic heterocycles. The van der Waals surface area contributed by atoms with Crippen LogP contribution >= 0.6 is 0 Å². The summed E-state index contributed by atoms with van der Waals surface area (Å²) in [6, 6.07) is 0. The van der Waals surface area contributed by atoms with E-state index in [1.54, 1.807) is 0 Å². The molecule has 4 nitrogen and oxygen atoms in total. The Labute approximate surface area is 84.1 Å². The fraction of sp³-hybridized carbons (Fsp3) is 0.800. The van der Waals surface area contributed by atoms with Gasteiger partial charge in [0.15, 0.2) is 6.33 Å². The van der Waals surface area contributed by atoms with Crippen LogP contribution in [-0.4, -0.2) is 23.2 Å². The Kier molecular flexibility index (Phi) is 3.51. The fourth-order valence-electron chi connectivity index (χ4n) is 2.02. The summed E-state index contributed by atoms with van der Waals surface area (Å²) in [6.45, 7) is 2.09. The lowest BCUT2D eigenvalue weighted by atomic mass is 10.1. The second-order valence-corrected chi connectivity index (χ2v) is 3.94. The van der Waals surface area contributed by atoms with Gasteiger partial charge in [-0.15, -0.1) is 0 Å². The lowest BCUT2D eigenvalue weighted by Gasteiger charge is -2.08. The third kappa shape index (κ3) is 2.80. The fourth-order valence-corrected chi connectivity index (χ4v) is 2.02. The summed E-state index contributed by atoms with van der Waals surface area (Å²) in [5, 5.41) is 7.00. The molecule has 78 valence electrons. The molecule has 1 saturated carbocycles. The van der Waals surface area contributed by atoms with Crippen molar-refractivity contribution < 1.29 is 4.52 Å². The standard InChI is InChI=1S/C10H17N3O/c1-2-4-9(3-1)7-11-6-5-10-12-8-13-14-10/h8-9,11H,1-7H2. The highest BCUT2D eigenvalue weighted by molar-refractivity contribution is 4.76. The van der Waals surface area contributed by atoms with E-state index in [1.807, 2.05) is 0 Å². The molecule has 0 bridgehead atoms. The zero-order chi connectivity index (χ0) is 9.64. The number of nitrogens with zero attached hydrogens (tertiary/aromatic N) is 2. The van der Waals surface area contributed by atoms with Crippen molar-refractivity contribution in [2.45, 2.75) is 32.1 Å². The van der Waals surface area contributed by atoms with Crippen LogP contribution in [0.1, 0.15) is 31.6 Å². The molecule has 1 aliphatic carbocycles. The monoisotopic (exact) mass is 195 g/mol. The van der Waals surface area contributed by atoms with Gasteiger partial charge in [0.1, 0.15) is 0 Å². The quantitative estimate of drug-likeness (QED) is 0.721. The maximum atomic E-state index is 4.90. The van der Waals surface area contributed by atoms with Crippen molar-refractivity contribution in [2.75, 3.05) is 13.1 Å². The molecule has 1 N–H and O–H groups in total. The molecule has 14 heavy (non-hydrogen) atoms. The number of aromatic nitrogens is 2. The van der Waals surface area contributed by atoms with Gasteiger partial charge in [-0.3, -0.25) is 0 Å². The van der Waals surface area contributed by atoms with Gasteiger partial charge in [-0.1, -0.05) is 18.0 Å². The van der Waals surface area contributed by atoms with E-state index >= 15 is 0 Å². The van der Waals surface area contributed by atoms with E-state index < -0.39 is 0 Å². The Balaban J connectivity index is 1.55. The van der Waals surface area contributed by atoms with Crippen molar-refractivity contribution in [3.05, 3.63) is 12.2 Å². The Morgan fingerprint density at radius 2 is 2.29 bits per heavy atom. The summed E-state index contributed by atoms with van der Waals surface area (Å²) in [4.78, 5) is 3.97. The minimum absolute atomic E-state index is 0.726. The van der Waals surface area contributed by atoms with Gasteiger partial charge in [0.25, 0.3) is 0 Å². The SMILES string of the molecule is c1noc(CCNCC2CCCC2)n1. The molecule has 0 radical (unpaired) electrons. The van der Waals surface area contributed by atoms with Gasteiger partial charge in [0.05, 0.1) is 0 Å². The summed E-state index contributed by atoms with van der Waals surface area (Å²) in [5.41, 5.74) is 0. The minimum Gasteiger partial charge on any atom is -0.340 e. The normalized spacial score (nSPS) is 17.7. The maximum Gasteiger partial charge on any atom is 0.227 e. The molecule has 1 aromatic rings. The van der Waals surface area contributed by atoms with Gasteiger partial charge in [-0.05, 0) is 25.3 Å². The van der Waals surface area contributed by atoms with Crippen molar-refractivity contribution in [1.29, 1.82) is 0 Å². The molecule has 0 aliphatic heterocycles. The first-order valence-electron chi connectivity index (χ1n) is 5.41. The van der Waals surface area contributed by atoms with Crippen molar-refractivity contribution in [3.8, 4) is 0 Å². The summed E-state index contributed by atoms with van der Waals surface area (Å²) in [7, 11) is 0. The summed E-state index contributed by atoms with van der Waals surface area (Å²) < 4.78 is 4.90. The van der Waals surface area contributed by atoms with Crippen molar-refractivity contribution >= 4 is 0 Å². The number of nitrogens with one attached hydrogen (secondary N) is 1. The van der Waals surface area contributed by atoms with E-state index in [0.29, 0.717) is 0 Å². The molecule has 0 saturated heterocycles. The van der Waals surface area contributed by atoms with Gasteiger partial charge >= 0.3 is 0 Å². The smallest absolute Gasteiger partial charge is 0.227 e. The van der Waals surface area contributed by atoms with E-state index in [-0.39, 0.29) is 0 Å². The summed E-state index contributed by atoms with van der Waals surface area (Å²) in [6.07, 6.45) is 7.91. The lowest BCUT2D eigenvalue weighted by Crippen LogP contribution is -2.23. The van der Waals surface area contributed by atoms with E-state index in [2.05, 4.69) is 15.5 Å². The molecule has 1 aliphatic rings. The van der Waals surface area contributed by atoms with E-state index in [1.165, 1.54) is 32.0 Å². The predicted octanol–water partition coefficient (Wildman–Crippen LogP) is 1.39. The molecule has 0 atom stereocenters. The topological polar surface area (TPSA) is 51.0 Å². The van der Waals surface area contributed by atoms with Crippen LogP contribution in [0.4, 0.5) is 0 Å². The van der Waals surface area contributed by atoms with Crippen LogP contribution in [0.15, 0.2) is 10.9 Å².